The molecule has 1 aromatic heterocycles. The minimum absolute atomic E-state index is 0.0116. The van der Waals surface area contributed by atoms with Crippen molar-refractivity contribution in [1.82, 2.24) is 4.98 Å². The number of nitrogens with one attached hydrogen (secondary N) is 1. The molecule has 1 aromatic rings. The number of pyridine rings is 1. The van der Waals surface area contributed by atoms with Crippen molar-refractivity contribution < 1.29 is 4.79 Å². The molecular formula is C13H17ClN2O. The van der Waals surface area contributed by atoms with Crippen molar-refractivity contribution in [2.24, 2.45) is 5.92 Å². The highest BCUT2D eigenvalue weighted by molar-refractivity contribution is 6.33. The van der Waals surface area contributed by atoms with Gasteiger partial charge in [-0.1, -0.05) is 37.3 Å². The van der Waals surface area contributed by atoms with E-state index in [-0.39, 0.29) is 5.91 Å². The highest BCUT2D eigenvalue weighted by Crippen LogP contribution is 2.28. The average molecular weight is 253 g/mol. The van der Waals surface area contributed by atoms with E-state index in [1.165, 1.54) is 25.7 Å². The van der Waals surface area contributed by atoms with E-state index in [1.807, 2.05) is 0 Å². The van der Waals surface area contributed by atoms with Gasteiger partial charge in [-0.3, -0.25) is 4.79 Å². The van der Waals surface area contributed by atoms with Gasteiger partial charge in [0.15, 0.2) is 5.82 Å². The van der Waals surface area contributed by atoms with Gasteiger partial charge in [0, 0.05) is 12.6 Å². The molecule has 17 heavy (non-hydrogen) atoms. The Morgan fingerprint density at radius 3 is 2.94 bits per heavy atom. The summed E-state index contributed by atoms with van der Waals surface area (Å²) in [4.78, 5) is 15.7. The Balaban J connectivity index is 1.79. The van der Waals surface area contributed by atoms with Crippen LogP contribution < -0.4 is 5.32 Å². The van der Waals surface area contributed by atoms with Gasteiger partial charge in [-0.2, -0.15) is 0 Å². The first-order valence-electron chi connectivity index (χ1n) is 6.16. The van der Waals surface area contributed by atoms with Crippen LogP contribution in [0.25, 0.3) is 0 Å². The standard InChI is InChI=1S/C13H17ClN2O/c14-11-6-3-9-15-13(11)16-12(17)8-7-10-4-1-2-5-10/h3,6,9-10H,1-2,4-5,7-8H2,(H,15,16,17). The quantitative estimate of drug-likeness (QED) is 0.889. The molecule has 0 radical (unpaired) electrons. The van der Waals surface area contributed by atoms with E-state index < -0.39 is 0 Å². The minimum atomic E-state index is 0.0116. The monoisotopic (exact) mass is 252 g/mol. The third-order valence-electron chi connectivity index (χ3n) is 3.27. The van der Waals surface area contributed by atoms with E-state index in [4.69, 9.17) is 11.6 Å². The van der Waals surface area contributed by atoms with Crippen LogP contribution in [0, 0.1) is 5.92 Å². The van der Waals surface area contributed by atoms with E-state index in [0.29, 0.717) is 17.3 Å². The molecule has 0 aromatic carbocycles. The summed E-state index contributed by atoms with van der Waals surface area (Å²) in [5.74, 6) is 1.21. The zero-order chi connectivity index (χ0) is 12.1. The third kappa shape index (κ3) is 3.70. The lowest BCUT2D eigenvalue weighted by atomic mass is 10.0. The number of carbonyl (C=O) groups is 1. The molecule has 1 fully saturated rings. The summed E-state index contributed by atoms with van der Waals surface area (Å²) in [6.07, 6.45) is 8.36. The number of hydrogen-bond acceptors (Lipinski definition) is 2. The van der Waals surface area contributed by atoms with Gasteiger partial charge >= 0.3 is 0 Å². The molecule has 1 saturated carbocycles. The van der Waals surface area contributed by atoms with Gasteiger partial charge in [0.05, 0.1) is 5.02 Å². The van der Waals surface area contributed by atoms with Crippen LogP contribution >= 0.6 is 11.6 Å². The number of hydrogen-bond donors (Lipinski definition) is 1. The van der Waals surface area contributed by atoms with Crippen LogP contribution in [0.4, 0.5) is 5.82 Å². The Morgan fingerprint density at radius 2 is 2.24 bits per heavy atom. The maximum absolute atomic E-state index is 11.7. The van der Waals surface area contributed by atoms with E-state index in [1.54, 1.807) is 18.3 Å². The SMILES string of the molecule is O=C(CCC1CCCC1)Nc1ncccc1Cl. The average Bonchev–Trinajstić information content (AvgIpc) is 2.82. The molecule has 3 nitrogen and oxygen atoms in total. The lowest BCUT2D eigenvalue weighted by Gasteiger charge is -2.09. The summed E-state index contributed by atoms with van der Waals surface area (Å²) in [6.45, 7) is 0. The van der Waals surface area contributed by atoms with Crippen molar-refractivity contribution in [2.45, 2.75) is 38.5 Å². The molecular weight excluding hydrogens is 236 g/mol. The molecule has 1 aliphatic carbocycles. The van der Waals surface area contributed by atoms with Gasteiger partial charge in [0.25, 0.3) is 0 Å². The number of anilines is 1. The van der Waals surface area contributed by atoms with Crippen LogP contribution in [-0.2, 0) is 4.79 Å². The predicted octanol–water partition coefficient (Wildman–Crippen LogP) is 3.64. The van der Waals surface area contributed by atoms with Crippen molar-refractivity contribution in [3.63, 3.8) is 0 Å². The van der Waals surface area contributed by atoms with E-state index in [0.717, 1.165) is 12.3 Å². The Labute approximate surface area is 107 Å². The summed E-state index contributed by atoms with van der Waals surface area (Å²) < 4.78 is 0. The van der Waals surface area contributed by atoms with Crippen molar-refractivity contribution >= 4 is 23.3 Å². The molecule has 2 rings (SSSR count). The van der Waals surface area contributed by atoms with Gasteiger partial charge in [-0.15, -0.1) is 0 Å². The molecule has 0 aliphatic heterocycles. The normalized spacial score (nSPS) is 16.1. The molecule has 1 amide bonds. The maximum Gasteiger partial charge on any atom is 0.225 e. The fourth-order valence-electron chi connectivity index (χ4n) is 2.31. The van der Waals surface area contributed by atoms with Gasteiger partial charge in [-0.05, 0) is 24.5 Å². The Kier molecular flexibility index (Phi) is 4.37. The second kappa shape index (κ2) is 6.01. The van der Waals surface area contributed by atoms with E-state index in [9.17, 15) is 4.79 Å². The van der Waals surface area contributed by atoms with Crippen molar-refractivity contribution in [1.29, 1.82) is 0 Å². The molecule has 4 heteroatoms. The summed E-state index contributed by atoms with van der Waals surface area (Å²) in [5, 5.41) is 3.24. The highest BCUT2D eigenvalue weighted by Gasteiger charge is 2.16. The predicted molar refractivity (Wildman–Crippen MR) is 69.1 cm³/mol. The zero-order valence-electron chi connectivity index (χ0n) is 9.79. The lowest BCUT2D eigenvalue weighted by Crippen LogP contribution is -2.13. The molecule has 1 heterocycles. The molecule has 0 saturated heterocycles. The molecule has 92 valence electrons. The summed E-state index contributed by atoms with van der Waals surface area (Å²) in [6, 6.07) is 3.47. The van der Waals surface area contributed by atoms with Gasteiger partial charge < -0.3 is 5.32 Å². The smallest absolute Gasteiger partial charge is 0.225 e. The highest BCUT2D eigenvalue weighted by atomic mass is 35.5. The number of rotatable bonds is 4. The number of aromatic nitrogens is 1. The second-order valence-corrected chi connectivity index (χ2v) is 4.98. The van der Waals surface area contributed by atoms with E-state index in [2.05, 4.69) is 10.3 Å². The zero-order valence-corrected chi connectivity index (χ0v) is 10.5. The van der Waals surface area contributed by atoms with Crippen molar-refractivity contribution in [2.75, 3.05) is 5.32 Å². The fraction of sp³-hybridized carbons (Fsp3) is 0.538. The Bertz CT molecular complexity index is 389. The Hall–Kier alpha value is -1.09. The fourth-order valence-corrected chi connectivity index (χ4v) is 2.48. The molecule has 0 atom stereocenters. The first-order chi connectivity index (χ1) is 8.25. The van der Waals surface area contributed by atoms with Crippen molar-refractivity contribution in [3.05, 3.63) is 23.4 Å². The first-order valence-corrected chi connectivity index (χ1v) is 6.54. The topological polar surface area (TPSA) is 42.0 Å². The van der Waals surface area contributed by atoms with Crippen LogP contribution in [0.3, 0.4) is 0 Å². The van der Waals surface area contributed by atoms with Crippen LogP contribution in [0.2, 0.25) is 5.02 Å². The van der Waals surface area contributed by atoms with Crippen LogP contribution in [-0.4, -0.2) is 10.9 Å². The number of halogens is 1. The maximum atomic E-state index is 11.7. The summed E-state index contributed by atoms with van der Waals surface area (Å²) in [5.41, 5.74) is 0. The van der Waals surface area contributed by atoms with Gasteiger partial charge in [-0.25, -0.2) is 4.98 Å². The molecule has 0 spiro atoms. The minimum Gasteiger partial charge on any atom is -0.309 e. The van der Waals surface area contributed by atoms with Crippen LogP contribution in [0.1, 0.15) is 38.5 Å². The van der Waals surface area contributed by atoms with E-state index >= 15 is 0 Å². The van der Waals surface area contributed by atoms with Gasteiger partial charge in [0.2, 0.25) is 5.91 Å². The Morgan fingerprint density at radius 1 is 1.47 bits per heavy atom. The first kappa shape index (κ1) is 12.4. The van der Waals surface area contributed by atoms with Crippen molar-refractivity contribution in [3.8, 4) is 0 Å². The summed E-state index contributed by atoms with van der Waals surface area (Å²) in [7, 11) is 0. The number of nitrogens with zero attached hydrogens (tertiary/aromatic N) is 1. The number of amides is 1. The molecule has 0 unspecified atom stereocenters. The summed E-state index contributed by atoms with van der Waals surface area (Å²) >= 11 is 5.92. The largest absolute Gasteiger partial charge is 0.309 e. The molecule has 1 N–H and O–H groups in total. The molecule has 1 aliphatic rings. The van der Waals surface area contributed by atoms with Crippen LogP contribution in [0.15, 0.2) is 18.3 Å². The third-order valence-corrected chi connectivity index (χ3v) is 3.58. The number of carbonyl (C=O) groups excluding carboxylic acids is 1. The second-order valence-electron chi connectivity index (χ2n) is 4.57. The lowest BCUT2D eigenvalue weighted by molar-refractivity contribution is -0.116. The van der Waals surface area contributed by atoms with Crippen LogP contribution in [0.5, 0.6) is 0 Å². The van der Waals surface area contributed by atoms with Gasteiger partial charge in [0.1, 0.15) is 0 Å². The molecule has 0 bridgehead atoms.